The second kappa shape index (κ2) is 5.21. The molecule has 0 spiro atoms. The molecule has 3 rings (SSSR count). The Bertz CT molecular complexity index is 783. The molecule has 0 aliphatic heterocycles. The Kier molecular flexibility index (Phi) is 3.25. The van der Waals surface area contributed by atoms with Crippen molar-refractivity contribution in [2.75, 3.05) is 0 Å². The molecule has 0 aliphatic rings. The number of benzene rings is 2. The first kappa shape index (κ1) is 12.5. The van der Waals surface area contributed by atoms with Gasteiger partial charge in [-0.15, -0.1) is 0 Å². The molecule has 0 unspecified atom stereocenters. The smallest absolute Gasteiger partial charge is 0.131 e. The summed E-state index contributed by atoms with van der Waals surface area (Å²) in [6.45, 7) is 0. The molecule has 0 amide bonds. The number of halogens is 1. The highest BCUT2D eigenvalue weighted by Gasteiger charge is 2.13. The van der Waals surface area contributed by atoms with Crippen LogP contribution in [0.5, 0.6) is 0 Å². The molecule has 0 saturated heterocycles. The lowest BCUT2D eigenvalue weighted by atomic mass is 9.94. The minimum Gasteiger partial charge on any atom is -0.303 e. The van der Waals surface area contributed by atoms with Crippen LogP contribution in [0.25, 0.3) is 22.0 Å². The molecule has 1 heterocycles. The first-order valence-corrected chi connectivity index (χ1v) is 6.36. The summed E-state index contributed by atoms with van der Waals surface area (Å²) in [7, 11) is 0. The molecule has 0 radical (unpaired) electrons. The van der Waals surface area contributed by atoms with Crippen molar-refractivity contribution in [2.24, 2.45) is 0 Å². The molecule has 0 aliphatic carbocycles. The fourth-order valence-corrected chi connectivity index (χ4v) is 2.41. The summed E-state index contributed by atoms with van der Waals surface area (Å²) in [6, 6.07) is 14.1. The second-order valence-corrected chi connectivity index (χ2v) is 4.53. The Hall–Kier alpha value is -2.55. The zero-order valence-corrected chi connectivity index (χ0v) is 10.7. The molecule has 3 heteroatoms. The maximum atomic E-state index is 14.1. The highest BCUT2D eigenvalue weighted by atomic mass is 19.1. The summed E-state index contributed by atoms with van der Waals surface area (Å²) in [5, 5.41) is 0.931. The lowest BCUT2D eigenvalue weighted by Crippen LogP contribution is -1.96. The van der Waals surface area contributed by atoms with Gasteiger partial charge >= 0.3 is 0 Å². The van der Waals surface area contributed by atoms with E-state index in [0.717, 1.165) is 22.8 Å². The van der Waals surface area contributed by atoms with Crippen molar-refractivity contribution in [1.29, 1.82) is 0 Å². The molecule has 0 fully saturated rings. The Morgan fingerprint density at radius 1 is 1.05 bits per heavy atom. The summed E-state index contributed by atoms with van der Waals surface area (Å²) in [4.78, 5) is 15.2. The Balaban J connectivity index is 2.39. The number of rotatable bonds is 3. The number of aldehydes is 1. The van der Waals surface area contributed by atoms with Crippen LogP contribution in [0.3, 0.4) is 0 Å². The molecular formula is C17H12FNO. The van der Waals surface area contributed by atoms with Crippen LogP contribution in [0, 0.1) is 5.82 Å². The number of hydrogen-bond acceptors (Lipinski definition) is 2. The second-order valence-electron chi connectivity index (χ2n) is 4.53. The minimum absolute atomic E-state index is 0.246. The van der Waals surface area contributed by atoms with Gasteiger partial charge in [-0.1, -0.05) is 36.4 Å². The van der Waals surface area contributed by atoms with Gasteiger partial charge in [-0.05, 0) is 17.7 Å². The van der Waals surface area contributed by atoms with E-state index < -0.39 is 0 Å². The lowest BCUT2D eigenvalue weighted by Gasteiger charge is -2.11. The molecule has 3 aromatic rings. The standard InChI is InChI=1S/C17H12FNO/c18-15-6-2-1-5-14(15)16-12(9-11-20)7-8-13-4-3-10-19-17(13)16/h1-8,10-11H,9H2. The van der Waals surface area contributed by atoms with Crippen LogP contribution in [0.4, 0.5) is 4.39 Å². The third-order valence-electron chi connectivity index (χ3n) is 3.31. The van der Waals surface area contributed by atoms with Gasteiger partial charge in [0.1, 0.15) is 12.1 Å². The van der Waals surface area contributed by atoms with Crippen molar-refractivity contribution in [3.8, 4) is 11.1 Å². The monoisotopic (exact) mass is 265 g/mol. The number of fused-ring (bicyclic) bond motifs is 1. The summed E-state index contributed by atoms with van der Waals surface area (Å²) in [5.74, 6) is -0.308. The van der Waals surface area contributed by atoms with Gasteiger partial charge in [0.25, 0.3) is 0 Å². The number of hydrogen-bond donors (Lipinski definition) is 0. The first-order chi connectivity index (χ1) is 9.81. The molecular weight excluding hydrogens is 253 g/mol. The average molecular weight is 265 g/mol. The minimum atomic E-state index is -0.308. The lowest BCUT2D eigenvalue weighted by molar-refractivity contribution is -0.107. The molecule has 2 aromatic carbocycles. The average Bonchev–Trinajstić information content (AvgIpc) is 2.48. The molecule has 98 valence electrons. The van der Waals surface area contributed by atoms with E-state index >= 15 is 0 Å². The molecule has 0 N–H and O–H groups in total. The topological polar surface area (TPSA) is 30.0 Å². The number of carbonyl (C=O) groups excluding carboxylic acids is 1. The Labute approximate surface area is 115 Å². The highest BCUT2D eigenvalue weighted by Crippen LogP contribution is 2.32. The van der Waals surface area contributed by atoms with E-state index in [4.69, 9.17) is 0 Å². The van der Waals surface area contributed by atoms with Crippen molar-refractivity contribution < 1.29 is 9.18 Å². The van der Waals surface area contributed by atoms with Gasteiger partial charge in [-0.3, -0.25) is 4.98 Å². The summed E-state index contributed by atoms with van der Waals surface area (Å²) < 4.78 is 14.1. The normalized spacial score (nSPS) is 10.7. The van der Waals surface area contributed by atoms with Gasteiger partial charge in [0.2, 0.25) is 0 Å². The van der Waals surface area contributed by atoms with Crippen LogP contribution in [-0.2, 0) is 11.2 Å². The molecule has 0 bridgehead atoms. The largest absolute Gasteiger partial charge is 0.303 e. The Morgan fingerprint density at radius 3 is 2.70 bits per heavy atom. The van der Waals surface area contributed by atoms with Gasteiger partial charge in [0.05, 0.1) is 5.52 Å². The van der Waals surface area contributed by atoms with Crippen molar-refractivity contribution in [3.05, 3.63) is 66.1 Å². The van der Waals surface area contributed by atoms with Crippen LogP contribution in [-0.4, -0.2) is 11.3 Å². The molecule has 0 saturated carbocycles. The zero-order valence-electron chi connectivity index (χ0n) is 10.7. The maximum Gasteiger partial charge on any atom is 0.131 e. The van der Waals surface area contributed by atoms with E-state index in [1.54, 1.807) is 24.4 Å². The van der Waals surface area contributed by atoms with Crippen LogP contribution in [0.15, 0.2) is 54.7 Å². The Morgan fingerprint density at radius 2 is 1.90 bits per heavy atom. The molecule has 1 aromatic heterocycles. The van der Waals surface area contributed by atoms with E-state index in [1.807, 2.05) is 24.3 Å². The summed E-state index contributed by atoms with van der Waals surface area (Å²) >= 11 is 0. The van der Waals surface area contributed by atoms with E-state index in [2.05, 4.69) is 4.98 Å². The number of nitrogens with zero attached hydrogens (tertiary/aromatic N) is 1. The van der Waals surface area contributed by atoms with Crippen LogP contribution in [0.1, 0.15) is 5.56 Å². The summed E-state index contributed by atoms with van der Waals surface area (Å²) in [6.07, 6.45) is 2.75. The fourth-order valence-electron chi connectivity index (χ4n) is 2.41. The molecule has 20 heavy (non-hydrogen) atoms. The van der Waals surface area contributed by atoms with Gasteiger partial charge in [-0.25, -0.2) is 4.39 Å². The van der Waals surface area contributed by atoms with Gasteiger partial charge in [-0.2, -0.15) is 0 Å². The van der Waals surface area contributed by atoms with E-state index in [0.29, 0.717) is 11.1 Å². The predicted octanol–water partition coefficient (Wildman–Crippen LogP) is 3.78. The molecule has 0 atom stereocenters. The third-order valence-corrected chi connectivity index (χ3v) is 3.31. The first-order valence-electron chi connectivity index (χ1n) is 6.36. The SMILES string of the molecule is O=CCc1ccc2cccnc2c1-c1ccccc1F. The zero-order chi connectivity index (χ0) is 13.9. The highest BCUT2D eigenvalue weighted by molar-refractivity contribution is 5.96. The number of aromatic nitrogens is 1. The van der Waals surface area contributed by atoms with E-state index in [-0.39, 0.29) is 12.2 Å². The van der Waals surface area contributed by atoms with Crippen LogP contribution in [0.2, 0.25) is 0 Å². The van der Waals surface area contributed by atoms with Gasteiger partial charge < -0.3 is 4.79 Å². The molecule has 2 nitrogen and oxygen atoms in total. The third kappa shape index (κ3) is 2.07. The van der Waals surface area contributed by atoms with Crippen molar-refractivity contribution >= 4 is 17.2 Å². The predicted molar refractivity (Wildman–Crippen MR) is 76.9 cm³/mol. The number of pyridine rings is 1. The van der Waals surface area contributed by atoms with Crippen molar-refractivity contribution in [3.63, 3.8) is 0 Å². The fraction of sp³-hybridized carbons (Fsp3) is 0.0588. The van der Waals surface area contributed by atoms with Crippen LogP contribution < -0.4 is 0 Å². The van der Waals surface area contributed by atoms with E-state index in [9.17, 15) is 9.18 Å². The van der Waals surface area contributed by atoms with E-state index in [1.165, 1.54) is 6.07 Å². The van der Waals surface area contributed by atoms with Crippen LogP contribution >= 0.6 is 0 Å². The quantitative estimate of drug-likeness (QED) is 0.674. The summed E-state index contributed by atoms with van der Waals surface area (Å²) in [5.41, 5.74) is 2.69. The maximum absolute atomic E-state index is 14.1. The van der Waals surface area contributed by atoms with Crippen molar-refractivity contribution in [2.45, 2.75) is 6.42 Å². The number of carbonyl (C=O) groups is 1. The van der Waals surface area contributed by atoms with Gasteiger partial charge in [0.15, 0.2) is 0 Å². The van der Waals surface area contributed by atoms with Crippen molar-refractivity contribution in [1.82, 2.24) is 4.98 Å². The van der Waals surface area contributed by atoms with Gasteiger partial charge in [0, 0.05) is 29.1 Å².